The monoisotopic (exact) mass is 293 g/mol. The van der Waals surface area contributed by atoms with E-state index in [1.165, 1.54) is 23.5 Å². The van der Waals surface area contributed by atoms with Crippen LogP contribution in [-0.4, -0.2) is 19.3 Å². The van der Waals surface area contributed by atoms with Gasteiger partial charge < -0.3 is 5.21 Å². The van der Waals surface area contributed by atoms with Gasteiger partial charge in [-0.25, -0.2) is 9.52 Å². The molecule has 3 aliphatic rings. The van der Waals surface area contributed by atoms with Crippen LogP contribution in [0.5, 0.6) is 0 Å². The average Bonchev–Trinajstić information content (AvgIpc) is 2.93. The van der Waals surface area contributed by atoms with E-state index in [0.29, 0.717) is 11.2 Å². The summed E-state index contributed by atoms with van der Waals surface area (Å²) in [5.41, 5.74) is -1.53. The third-order valence-corrected chi connectivity index (χ3v) is 4.24. The van der Waals surface area contributed by atoms with Crippen molar-refractivity contribution < 1.29 is 4.73 Å². The fourth-order valence-corrected chi connectivity index (χ4v) is 2.96. The summed E-state index contributed by atoms with van der Waals surface area (Å²) in [6, 6.07) is 0. The van der Waals surface area contributed by atoms with Gasteiger partial charge in [-0.3, -0.25) is 9.36 Å². The Bertz CT molecular complexity index is 801. The molecule has 3 aliphatic heterocycles. The van der Waals surface area contributed by atoms with Crippen LogP contribution in [0.4, 0.5) is 0 Å². The summed E-state index contributed by atoms with van der Waals surface area (Å²) >= 11 is 1.47. The predicted molar refractivity (Wildman–Crippen MR) is 72.2 cm³/mol. The van der Waals surface area contributed by atoms with Gasteiger partial charge in [-0.2, -0.15) is 9.67 Å². The number of hydrogen-bond acceptors (Lipinski definition) is 6. The molecule has 0 bridgehead atoms. The molecule has 8 nitrogen and oxygen atoms in total. The Hall–Kier alpha value is -2.16. The number of nitrogens with zero attached hydrogens (tertiary/aromatic N) is 5. The van der Waals surface area contributed by atoms with Crippen molar-refractivity contribution in [2.24, 2.45) is 14.1 Å². The highest BCUT2D eigenvalue weighted by molar-refractivity contribution is 8.02. The lowest BCUT2D eigenvalue weighted by Gasteiger charge is -2.16. The van der Waals surface area contributed by atoms with Crippen LogP contribution in [0.25, 0.3) is 11.5 Å². The van der Waals surface area contributed by atoms with Crippen LogP contribution in [0.3, 0.4) is 0 Å². The highest BCUT2D eigenvalue weighted by atomic mass is 32.2. The zero-order valence-corrected chi connectivity index (χ0v) is 11.6. The van der Waals surface area contributed by atoms with E-state index >= 15 is 0 Å². The lowest BCUT2D eigenvalue weighted by atomic mass is 10.3. The summed E-state index contributed by atoms with van der Waals surface area (Å²) in [4.78, 5) is 27.4. The molecule has 0 radical (unpaired) electrons. The van der Waals surface area contributed by atoms with Gasteiger partial charge in [0.15, 0.2) is 0 Å². The van der Waals surface area contributed by atoms with Crippen molar-refractivity contribution in [3.05, 3.63) is 43.4 Å². The van der Waals surface area contributed by atoms with Gasteiger partial charge in [0.2, 0.25) is 11.5 Å². The van der Waals surface area contributed by atoms with Crippen molar-refractivity contribution in [1.82, 2.24) is 19.3 Å². The number of aromatic nitrogens is 5. The van der Waals surface area contributed by atoms with Gasteiger partial charge >= 0.3 is 17.1 Å². The standard InChI is InChI=1S/C11H11N5O3S/c1-14-10(17)7-9(12-11(14)18)15(2)13-8(16(7)19)6-4-3-5-20-6/h3,5-6H,4H2,1-2H3. The predicted octanol–water partition coefficient (Wildman–Crippen LogP) is -0.696. The molecule has 0 saturated carbocycles. The molecule has 0 aromatic heterocycles. The van der Waals surface area contributed by atoms with Gasteiger partial charge in [0.1, 0.15) is 5.25 Å². The van der Waals surface area contributed by atoms with Crippen molar-refractivity contribution in [3.8, 4) is 11.5 Å². The number of rotatable bonds is 1. The quantitative estimate of drug-likeness (QED) is 0.510. The van der Waals surface area contributed by atoms with Gasteiger partial charge in [-0.15, -0.1) is 11.8 Å². The zero-order chi connectivity index (χ0) is 14.4. The van der Waals surface area contributed by atoms with E-state index in [2.05, 4.69) is 10.1 Å². The number of thioether (sulfide) groups is 1. The van der Waals surface area contributed by atoms with E-state index in [1.807, 2.05) is 11.5 Å². The highest BCUT2D eigenvalue weighted by Crippen LogP contribution is 2.36. The molecule has 9 heteroatoms. The number of hydrogen-bond donors (Lipinski definition) is 0. The molecule has 1 unspecified atom stereocenters. The van der Waals surface area contributed by atoms with Crippen LogP contribution in [0.15, 0.2) is 21.1 Å². The van der Waals surface area contributed by atoms with Gasteiger partial charge in [0.05, 0.1) is 12.1 Å². The Labute approximate surface area is 117 Å². The van der Waals surface area contributed by atoms with Gasteiger partial charge in [-0.1, -0.05) is 6.08 Å². The summed E-state index contributed by atoms with van der Waals surface area (Å²) in [5.74, 6) is 0.236. The van der Waals surface area contributed by atoms with Crippen LogP contribution in [0.1, 0.15) is 17.5 Å². The molecule has 1 atom stereocenters. The van der Waals surface area contributed by atoms with Gasteiger partial charge in [0.25, 0.3) is 0 Å². The van der Waals surface area contributed by atoms with Gasteiger partial charge in [-0.05, 0) is 11.8 Å². The second kappa shape index (κ2) is 4.44. The molecule has 3 rings (SSSR count). The smallest absolute Gasteiger partial charge is 0.352 e. The largest absolute Gasteiger partial charge is 0.710 e. The SMILES string of the molecule is Cn1nc(C2CC=CS2)[n+]([O-])c2c(=O)n(C)c(=O)nc1-2. The minimum Gasteiger partial charge on any atom is -0.710 e. The van der Waals surface area contributed by atoms with Crippen molar-refractivity contribution in [2.45, 2.75) is 11.7 Å². The Morgan fingerprint density at radius 2 is 2.20 bits per heavy atom. The van der Waals surface area contributed by atoms with Crippen molar-refractivity contribution in [2.75, 3.05) is 0 Å². The topological polar surface area (TPSA) is 96.7 Å². The molecule has 20 heavy (non-hydrogen) atoms. The third kappa shape index (κ3) is 1.73. The first-order valence-corrected chi connectivity index (χ1v) is 6.83. The first-order valence-electron chi connectivity index (χ1n) is 5.88. The first-order chi connectivity index (χ1) is 9.50. The minimum atomic E-state index is -0.704. The molecule has 0 saturated heterocycles. The summed E-state index contributed by atoms with van der Waals surface area (Å²) < 4.78 is 2.62. The molecule has 104 valence electrons. The molecule has 0 N–H and O–H groups in total. The number of allylic oxidation sites excluding steroid dienone is 1. The van der Waals surface area contributed by atoms with E-state index in [9.17, 15) is 14.8 Å². The maximum Gasteiger partial charge on any atom is 0.352 e. The molecule has 0 spiro atoms. The van der Waals surface area contributed by atoms with E-state index < -0.39 is 11.2 Å². The second-order valence-corrected chi connectivity index (χ2v) is 5.55. The number of fused-ring (bicyclic) bond motifs is 1. The van der Waals surface area contributed by atoms with Crippen LogP contribution < -0.4 is 16.0 Å². The van der Waals surface area contributed by atoms with Crippen LogP contribution >= 0.6 is 11.8 Å². The number of aryl methyl sites for hydroxylation is 1. The van der Waals surface area contributed by atoms with Crippen LogP contribution in [0, 0.1) is 5.21 Å². The molecular formula is C11H11N5O3S. The summed E-state index contributed by atoms with van der Waals surface area (Å²) in [5, 5.41) is 18.3. The summed E-state index contributed by atoms with van der Waals surface area (Å²) in [7, 11) is 2.86. The molecule has 0 amide bonds. The third-order valence-electron chi connectivity index (χ3n) is 3.15. The van der Waals surface area contributed by atoms with E-state index in [-0.39, 0.29) is 22.6 Å². The Morgan fingerprint density at radius 3 is 2.85 bits per heavy atom. The van der Waals surface area contributed by atoms with Crippen molar-refractivity contribution in [1.29, 1.82) is 0 Å². The molecule has 0 fully saturated rings. The Morgan fingerprint density at radius 1 is 1.45 bits per heavy atom. The van der Waals surface area contributed by atoms with E-state index in [4.69, 9.17) is 0 Å². The van der Waals surface area contributed by atoms with Gasteiger partial charge in [0, 0.05) is 7.05 Å². The maximum atomic E-state index is 12.4. The summed E-state index contributed by atoms with van der Waals surface area (Å²) in [6.07, 6.45) is 2.62. The first kappa shape index (κ1) is 12.9. The van der Waals surface area contributed by atoms with Crippen LogP contribution in [-0.2, 0) is 14.1 Å². The van der Waals surface area contributed by atoms with Crippen molar-refractivity contribution >= 4 is 11.8 Å². The fraction of sp³-hybridized carbons (Fsp3) is 0.364. The summed E-state index contributed by atoms with van der Waals surface area (Å²) in [6.45, 7) is 0. The highest BCUT2D eigenvalue weighted by Gasteiger charge is 2.32. The second-order valence-electron chi connectivity index (χ2n) is 4.44. The van der Waals surface area contributed by atoms with Crippen LogP contribution in [0.2, 0.25) is 0 Å². The molecule has 0 aromatic rings. The Kier molecular flexibility index (Phi) is 2.85. The molecule has 0 aliphatic carbocycles. The molecule has 0 aromatic carbocycles. The molecular weight excluding hydrogens is 282 g/mol. The van der Waals surface area contributed by atoms with E-state index in [0.717, 1.165) is 4.57 Å². The minimum absolute atomic E-state index is 0.00666. The maximum absolute atomic E-state index is 12.4. The normalized spacial score (nSPS) is 18.0. The average molecular weight is 293 g/mol. The lowest BCUT2D eigenvalue weighted by molar-refractivity contribution is -0.609. The van der Waals surface area contributed by atoms with Crippen molar-refractivity contribution in [3.63, 3.8) is 0 Å². The lowest BCUT2D eigenvalue weighted by Crippen LogP contribution is -2.49. The zero-order valence-electron chi connectivity index (χ0n) is 10.8. The molecule has 3 heterocycles. The van der Waals surface area contributed by atoms with E-state index in [1.54, 1.807) is 7.05 Å². The fourth-order valence-electron chi connectivity index (χ4n) is 2.07. The Balaban J connectivity index is 2.37.